The van der Waals surface area contributed by atoms with E-state index in [1.54, 1.807) is 0 Å². The highest BCUT2D eigenvalue weighted by molar-refractivity contribution is 5.25. The summed E-state index contributed by atoms with van der Waals surface area (Å²) in [5.74, 6) is -0.806. The van der Waals surface area contributed by atoms with Crippen LogP contribution in [0.4, 0.5) is 4.39 Å². The van der Waals surface area contributed by atoms with Crippen molar-refractivity contribution in [3.63, 3.8) is 0 Å². The summed E-state index contributed by atoms with van der Waals surface area (Å²) in [5, 5.41) is 10.3. The summed E-state index contributed by atoms with van der Waals surface area (Å²) in [5.41, 5.74) is -0.273. The third-order valence-corrected chi connectivity index (χ3v) is 1.14. The average Bonchev–Trinajstić information content (AvgIpc) is 1.98. The van der Waals surface area contributed by atoms with Crippen LogP contribution in [0.25, 0.3) is 0 Å². The smallest absolute Gasteiger partial charge is 0.258 e. The van der Waals surface area contributed by atoms with Gasteiger partial charge in [0, 0.05) is 6.08 Å². The molecular formula is C8H10FNO2. The van der Waals surface area contributed by atoms with Gasteiger partial charge in [0.1, 0.15) is 0 Å². The van der Waals surface area contributed by atoms with Gasteiger partial charge in [-0.25, -0.2) is 0 Å². The molecular weight excluding hydrogens is 161 g/mol. The first-order chi connectivity index (χ1) is 5.50. The quantitative estimate of drug-likeness (QED) is 0.372. The minimum atomic E-state index is -0.806. The van der Waals surface area contributed by atoms with Crippen LogP contribution < -0.4 is 0 Å². The third kappa shape index (κ3) is 2.65. The Labute approximate surface area is 70.0 Å². The van der Waals surface area contributed by atoms with E-state index in [0.717, 1.165) is 6.08 Å². The number of nitro groups is 1. The molecule has 66 valence electrons. The first-order valence-corrected chi connectivity index (χ1v) is 3.31. The van der Waals surface area contributed by atoms with E-state index in [1.165, 1.54) is 19.9 Å². The Morgan fingerprint density at radius 2 is 2.08 bits per heavy atom. The molecule has 0 heterocycles. The van der Waals surface area contributed by atoms with Crippen molar-refractivity contribution in [2.45, 2.75) is 13.8 Å². The zero-order valence-corrected chi connectivity index (χ0v) is 7.00. The van der Waals surface area contributed by atoms with Gasteiger partial charge in [0.2, 0.25) is 0 Å². The number of nitrogens with zero attached hydrogens (tertiary/aromatic N) is 1. The second kappa shape index (κ2) is 4.43. The van der Waals surface area contributed by atoms with E-state index >= 15 is 0 Å². The Kier molecular flexibility index (Phi) is 3.90. The molecule has 0 saturated heterocycles. The lowest BCUT2D eigenvalue weighted by atomic mass is 10.2. The Hall–Kier alpha value is -1.45. The highest BCUT2D eigenvalue weighted by atomic mass is 19.1. The minimum Gasteiger partial charge on any atom is -0.258 e. The van der Waals surface area contributed by atoms with Gasteiger partial charge in [0.05, 0.1) is 4.92 Å². The molecule has 0 unspecified atom stereocenters. The van der Waals surface area contributed by atoms with E-state index in [9.17, 15) is 14.5 Å². The van der Waals surface area contributed by atoms with E-state index < -0.39 is 16.4 Å². The molecule has 0 bridgehead atoms. The van der Waals surface area contributed by atoms with Gasteiger partial charge in [-0.15, -0.1) is 0 Å². The second-order valence-electron chi connectivity index (χ2n) is 2.36. The molecule has 3 nitrogen and oxygen atoms in total. The number of hydrogen-bond acceptors (Lipinski definition) is 2. The third-order valence-electron chi connectivity index (χ3n) is 1.14. The van der Waals surface area contributed by atoms with Gasteiger partial charge >= 0.3 is 5.70 Å². The van der Waals surface area contributed by atoms with Crippen molar-refractivity contribution < 1.29 is 9.31 Å². The number of allylic oxidation sites excluding steroid dienone is 4. The lowest BCUT2D eigenvalue weighted by Gasteiger charge is -1.95. The largest absolute Gasteiger partial charge is 0.304 e. The van der Waals surface area contributed by atoms with Crippen molar-refractivity contribution in [3.8, 4) is 0 Å². The topological polar surface area (TPSA) is 43.1 Å². The monoisotopic (exact) mass is 171 g/mol. The summed E-state index contributed by atoms with van der Waals surface area (Å²) in [4.78, 5) is 9.48. The fourth-order valence-corrected chi connectivity index (χ4v) is 0.582. The maximum absolute atomic E-state index is 12.9. The molecule has 0 fully saturated rings. The van der Waals surface area contributed by atoms with Crippen molar-refractivity contribution in [1.82, 2.24) is 0 Å². The summed E-state index contributed by atoms with van der Waals surface area (Å²) in [6.07, 6.45) is 2.21. The second-order valence-corrected chi connectivity index (χ2v) is 2.36. The van der Waals surface area contributed by atoms with Gasteiger partial charge in [-0.2, -0.15) is 4.39 Å². The van der Waals surface area contributed by atoms with Gasteiger partial charge < -0.3 is 0 Å². The van der Waals surface area contributed by atoms with Crippen LogP contribution in [0.1, 0.15) is 13.8 Å². The normalized spacial score (nSPS) is 10.8. The van der Waals surface area contributed by atoms with E-state index in [-0.39, 0.29) is 5.57 Å². The van der Waals surface area contributed by atoms with Crippen LogP contribution in [0, 0.1) is 10.1 Å². The van der Waals surface area contributed by atoms with Crippen LogP contribution in [0.5, 0.6) is 0 Å². The van der Waals surface area contributed by atoms with E-state index in [1.807, 2.05) is 0 Å². The highest BCUT2D eigenvalue weighted by Crippen LogP contribution is 2.16. The fraction of sp³-hybridized carbons (Fsp3) is 0.250. The molecule has 0 atom stereocenters. The summed E-state index contributed by atoms with van der Waals surface area (Å²) in [6.45, 7) is 6.19. The minimum absolute atomic E-state index is 0.278. The molecule has 0 radical (unpaired) electrons. The molecule has 0 aliphatic carbocycles. The van der Waals surface area contributed by atoms with E-state index in [0.29, 0.717) is 0 Å². The molecule has 0 amide bonds. The van der Waals surface area contributed by atoms with Crippen LogP contribution in [-0.2, 0) is 0 Å². The van der Waals surface area contributed by atoms with Gasteiger partial charge in [-0.3, -0.25) is 10.1 Å². The molecule has 12 heavy (non-hydrogen) atoms. The average molecular weight is 171 g/mol. The summed E-state index contributed by atoms with van der Waals surface area (Å²) in [7, 11) is 0. The van der Waals surface area contributed by atoms with Crippen molar-refractivity contribution in [1.29, 1.82) is 0 Å². The zero-order chi connectivity index (χ0) is 9.72. The van der Waals surface area contributed by atoms with Crippen molar-refractivity contribution in [3.05, 3.63) is 45.9 Å². The molecule has 0 N–H and O–H groups in total. The summed E-state index contributed by atoms with van der Waals surface area (Å²) in [6, 6.07) is 0. The lowest BCUT2D eigenvalue weighted by molar-refractivity contribution is -0.422. The lowest BCUT2D eigenvalue weighted by Crippen LogP contribution is -1.99. The number of rotatable bonds is 3. The van der Waals surface area contributed by atoms with E-state index in [2.05, 4.69) is 6.58 Å². The van der Waals surface area contributed by atoms with Gasteiger partial charge in [-0.1, -0.05) is 12.7 Å². The summed E-state index contributed by atoms with van der Waals surface area (Å²) >= 11 is 0. The molecule has 0 aromatic heterocycles. The first-order valence-electron chi connectivity index (χ1n) is 3.31. The molecule has 4 heteroatoms. The van der Waals surface area contributed by atoms with Crippen molar-refractivity contribution in [2.75, 3.05) is 0 Å². The molecule has 0 spiro atoms. The Bertz CT molecular complexity index is 262. The predicted molar refractivity (Wildman–Crippen MR) is 44.8 cm³/mol. The number of halogens is 1. The predicted octanol–water partition coefficient (Wildman–Crippen LogP) is 2.60. The van der Waals surface area contributed by atoms with Crippen LogP contribution in [0.3, 0.4) is 0 Å². The molecule has 0 aromatic carbocycles. The van der Waals surface area contributed by atoms with Crippen molar-refractivity contribution >= 4 is 0 Å². The molecule has 0 aliphatic rings. The van der Waals surface area contributed by atoms with Gasteiger partial charge in [0.15, 0.2) is 5.83 Å². The Balaban J connectivity index is 5.03. The summed E-state index contributed by atoms with van der Waals surface area (Å²) < 4.78 is 12.9. The molecule has 0 saturated carbocycles. The van der Waals surface area contributed by atoms with Crippen LogP contribution >= 0.6 is 0 Å². The highest BCUT2D eigenvalue weighted by Gasteiger charge is 2.16. The standard InChI is InChI=1S/C8H10FNO2/c1-4-5-7(10(11)12)8(9)6(2)3/h4-5H,1H2,2-3H3/b7-5+. The van der Waals surface area contributed by atoms with Crippen molar-refractivity contribution in [2.24, 2.45) is 0 Å². The first kappa shape index (κ1) is 10.6. The Morgan fingerprint density at radius 1 is 1.58 bits per heavy atom. The van der Waals surface area contributed by atoms with Crippen LogP contribution in [0.15, 0.2) is 35.8 Å². The van der Waals surface area contributed by atoms with E-state index in [4.69, 9.17) is 0 Å². The molecule has 0 aliphatic heterocycles. The van der Waals surface area contributed by atoms with Gasteiger partial charge in [0.25, 0.3) is 0 Å². The zero-order valence-electron chi connectivity index (χ0n) is 7.00. The molecule has 0 aromatic rings. The molecule has 0 rings (SSSR count). The van der Waals surface area contributed by atoms with Crippen LogP contribution in [0.2, 0.25) is 0 Å². The SMILES string of the molecule is C=C/C=C(\C(F)=C(C)C)[N+](=O)[O-]. The van der Waals surface area contributed by atoms with Gasteiger partial charge in [-0.05, 0) is 19.4 Å². The maximum atomic E-state index is 12.9. The Morgan fingerprint density at radius 3 is 2.33 bits per heavy atom. The van der Waals surface area contributed by atoms with Crippen LogP contribution in [-0.4, -0.2) is 4.92 Å². The number of hydrogen-bond donors (Lipinski definition) is 0. The maximum Gasteiger partial charge on any atom is 0.304 e. The fourth-order valence-electron chi connectivity index (χ4n) is 0.582.